The Bertz CT molecular complexity index is 1160. The van der Waals surface area contributed by atoms with Crippen LogP contribution in [0.3, 0.4) is 0 Å². The Hall–Kier alpha value is -3.43. The third-order valence-corrected chi connectivity index (χ3v) is 6.68. The lowest BCUT2D eigenvalue weighted by atomic mass is 9.88. The van der Waals surface area contributed by atoms with Crippen LogP contribution < -0.4 is 10.6 Å². The number of hydrogen-bond acceptors (Lipinski definition) is 5. The van der Waals surface area contributed by atoms with Crippen molar-refractivity contribution >= 4 is 17.5 Å². The van der Waals surface area contributed by atoms with Gasteiger partial charge < -0.3 is 10.6 Å². The van der Waals surface area contributed by atoms with E-state index in [4.69, 9.17) is 0 Å². The van der Waals surface area contributed by atoms with Crippen molar-refractivity contribution in [2.24, 2.45) is 24.8 Å². The molecule has 3 heterocycles. The molecule has 0 spiro atoms. The average Bonchev–Trinajstić information content (AvgIpc) is 3.67. The normalized spacial score (nSPS) is 16.7. The van der Waals surface area contributed by atoms with Crippen molar-refractivity contribution in [3.05, 3.63) is 48.3 Å². The predicted molar refractivity (Wildman–Crippen MR) is 126 cm³/mol. The van der Waals surface area contributed by atoms with Crippen LogP contribution in [0.4, 0.5) is 5.69 Å². The molecule has 2 saturated carbocycles. The van der Waals surface area contributed by atoms with Gasteiger partial charge in [-0.15, -0.1) is 0 Å². The molecule has 0 aromatic carbocycles. The van der Waals surface area contributed by atoms with Crippen LogP contribution >= 0.6 is 0 Å². The van der Waals surface area contributed by atoms with E-state index in [1.54, 1.807) is 44.9 Å². The largest absolute Gasteiger partial charge is 0.339 e. The molecule has 1 atom stereocenters. The van der Waals surface area contributed by atoms with Gasteiger partial charge in [-0.3, -0.25) is 23.6 Å². The van der Waals surface area contributed by atoms with Gasteiger partial charge in [-0.25, -0.2) is 0 Å². The van der Waals surface area contributed by atoms with Crippen molar-refractivity contribution in [1.82, 2.24) is 34.7 Å². The average molecular weight is 465 g/mol. The van der Waals surface area contributed by atoms with Crippen LogP contribution in [0.5, 0.6) is 0 Å². The smallest absolute Gasteiger partial charge is 0.270 e. The van der Waals surface area contributed by atoms with Crippen molar-refractivity contribution < 1.29 is 9.59 Å². The van der Waals surface area contributed by atoms with E-state index in [1.807, 2.05) is 27.1 Å². The fourth-order valence-corrected chi connectivity index (χ4v) is 4.82. The molecular formula is C24H32N8O2. The summed E-state index contributed by atoms with van der Waals surface area (Å²) in [6.07, 6.45) is 13.3. The lowest BCUT2D eigenvalue weighted by Crippen LogP contribution is -2.50. The van der Waals surface area contributed by atoms with Crippen LogP contribution in [0, 0.1) is 17.8 Å². The maximum atomic E-state index is 13.5. The standard InChI is InChI=1S/C24H32N8O2/c1-15(2)32-20(8-9-25-32)23(33)29-22(21(17-4-5-17)18-6-7-18)24(34)28-19-11-27-31(14-19)13-16-10-26-30(3)12-16/h8-12,14-15,17-18,21-22H,4-7,13H2,1-3H3,(H,28,34)(H,29,33)/t22-/m0/s1. The van der Waals surface area contributed by atoms with Crippen molar-refractivity contribution in [2.75, 3.05) is 5.32 Å². The second kappa shape index (κ2) is 9.08. The number of amides is 2. The summed E-state index contributed by atoms with van der Waals surface area (Å²) < 4.78 is 5.20. The highest BCUT2D eigenvalue weighted by molar-refractivity contribution is 6.00. The highest BCUT2D eigenvalue weighted by atomic mass is 16.2. The molecule has 0 radical (unpaired) electrons. The molecule has 2 amide bonds. The van der Waals surface area contributed by atoms with Crippen LogP contribution in [0.15, 0.2) is 37.1 Å². The number of nitrogens with one attached hydrogen (secondary N) is 2. The molecule has 10 nitrogen and oxygen atoms in total. The summed E-state index contributed by atoms with van der Waals surface area (Å²) in [5.74, 6) is 0.696. The SMILES string of the molecule is CC(C)n1nccc1C(=O)N[C@H](C(=O)Nc1cnn(Cc2cnn(C)c2)c1)C(C1CC1)C1CC1. The molecule has 180 valence electrons. The van der Waals surface area contributed by atoms with Gasteiger partial charge in [-0.05, 0) is 63.4 Å². The van der Waals surface area contributed by atoms with E-state index < -0.39 is 6.04 Å². The van der Waals surface area contributed by atoms with Crippen LogP contribution in [0.2, 0.25) is 0 Å². The Kier molecular flexibility index (Phi) is 5.97. The summed E-state index contributed by atoms with van der Waals surface area (Å²) in [5, 5.41) is 18.9. The van der Waals surface area contributed by atoms with E-state index >= 15 is 0 Å². The van der Waals surface area contributed by atoms with Gasteiger partial charge in [0.05, 0.1) is 24.6 Å². The van der Waals surface area contributed by atoms with E-state index in [0.29, 0.717) is 29.8 Å². The minimum absolute atomic E-state index is 0.0522. The number of carbonyl (C=O) groups excluding carboxylic acids is 2. The van der Waals surface area contributed by atoms with Crippen molar-refractivity contribution in [3.63, 3.8) is 0 Å². The lowest BCUT2D eigenvalue weighted by Gasteiger charge is -2.27. The first-order chi connectivity index (χ1) is 16.4. The number of aromatic nitrogens is 6. The highest BCUT2D eigenvalue weighted by Gasteiger charge is 2.48. The Morgan fingerprint density at radius 1 is 1.06 bits per heavy atom. The summed E-state index contributed by atoms with van der Waals surface area (Å²) in [7, 11) is 1.87. The number of rotatable bonds is 10. The summed E-state index contributed by atoms with van der Waals surface area (Å²) in [6.45, 7) is 4.53. The number of nitrogens with zero attached hydrogens (tertiary/aromatic N) is 6. The van der Waals surface area contributed by atoms with Crippen molar-refractivity contribution in [2.45, 2.75) is 58.2 Å². The molecule has 0 unspecified atom stereocenters. The Labute approximate surface area is 198 Å². The van der Waals surface area contributed by atoms with Gasteiger partial charge in [0.25, 0.3) is 5.91 Å². The number of anilines is 1. The van der Waals surface area contributed by atoms with Gasteiger partial charge in [0.15, 0.2) is 0 Å². The highest BCUT2D eigenvalue weighted by Crippen LogP contribution is 2.50. The monoisotopic (exact) mass is 464 g/mol. The molecule has 3 aromatic rings. The lowest BCUT2D eigenvalue weighted by molar-refractivity contribution is -0.119. The Balaban J connectivity index is 1.32. The zero-order chi connectivity index (χ0) is 23.8. The fourth-order valence-electron chi connectivity index (χ4n) is 4.82. The van der Waals surface area contributed by atoms with Gasteiger partial charge in [-0.1, -0.05) is 0 Å². The zero-order valence-electron chi connectivity index (χ0n) is 19.9. The molecule has 0 bridgehead atoms. The molecule has 0 aliphatic heterocycles. The number of hydrogen-bond donors (Lipinski definition) is 2. The molecule has 2 fully saturated rings. The van der Waals surface area contributed by atoms with Crippen molar-refractivity contribution in [3.8, 4) is 0 Å². The van der Waals surface area contributed by atoms with Crippen LogP contribution in [0.25, 0.3) is 0 Å². The number of aryl methyl sites for hydroxylation is 1. The van der Waals surface area contributed by atoms with Crippen LogP contribution in [0.1, 0.15) is 61.6 Å². The maximum absolute atomic E-state index is 13.5. The Morgan fingerprint density at radius 2 is 1.79 bits per heavy atom. The first-order valence-electron chi connectivity index (χ1n) is 12.0. The van der Waals surface area contributed by atoms with Gasteiger partial charge in [0.1, 0.15) is 11.7 Å². The second-order valence-corrected chi connectivity index (χ2v) is 9.90. The minimum atomic E-state index is -0.593. The summed E-state index contributed by atoms with van der Waals surface area (Å²) in [6, 6.07) is 1.16. The van der Waals surface area contributed by atoms with E-state index in [9.17, 15) is 9.59 Å². The molecule has 34 heavy (non-hydrogen) atoms. The molecular weight excluding hydrogens is 432 g/mol. The summed E-state index contributed by atoms with van der Waals surface area (Å²) in [4.78, 5) is 26.7. The fraction of sp³-hybridized carbons (Fsp3) is 0.542. The topological polar surface area (TPSA) is 112 Å². The first kappa shape index (κ1) is 22.4. The van der Waals surface area contributed by atoms with Crippen LogP contribution in [-0.4, -0.2) is 47.2 Å². The molecule has 2 N–H and O–H groups in total. The van der Waals surface area contributed by atoms with Crippen molar-refractivity contribution in [1.29, 1.82) is 0 Å². The summed E-state index contributed by atoms with van der Waals surface area (Å²) in [5.41, 5.74) is 2.12. The molecule has 0 saturated heterocycles. The number of carbonyl (C=O) groups is 2. The molecule has 5 rings (SSSR count). The van der Waals surface area contributed by atoms with Gasteiger partial charge in [-0.2, -0.15) is 15.3 Å². The second-order valence-electron chi connectivity index (χ2n) is 9.90. The maximum Gasteiger partial charge on any atom is 0.270 e. The minimum Gasteiger partial charge on any atom is -0.339 e. The van der Waals surface area contributed by atoms with Crippen LogP contribution in [-0.2, 0) is 18.4 Å². The quantitative estimate of drug-likeness (QED) is 0.479. The Morgan fingerprint density at radius 3 is 2.41 bits per heavy atom. The molecule has 2 aliphatic carbocycles. The third-order valence-electron chi connectivity index (χ3n) is 6.68. The molecule has 10 heteroatoms. The third kappa shape index (κ3) is 4.90. The van der Waals surface area contributed by atoms with E-state index in [2.05, 4.69) is 25.9 Å². The van der Waals surface area contributed by atoms with E-state index in [0.717, 1.165) is 31.2 Å². The van der Waals surface area contributed by atoms with E-state index in [-0.39, 0.29) is 23.8 Å². The summed E-state index contributed by atoms with van der Waals surface area (Å²) >= 11 is 0. The van der Waals surface area contributed by atoms with E-state index in [1.165, 1.54) is 0 Å². The molecule has 2 aliphatic rings. The molecule has 3 aromatic heterocycles. The zero-order valence-corrected chi connectivity index (χ0v) is 19.9. The van der Waals surface area contributed by atoms with Gasteiger partial charge >= 0.3 is 0 Å². The van der Waals surface area contributed by atoms with Gasteiger partial charge in [0, 0.05) is 37.2 Å². The predicted octanol–water partition coefficient (Wildman–Crippen LogP) is 2.62. The van der Waals surface area contributed by atoms with Gasteiger partial charge in [0.2, 0.25) is 5.91 Å². The first-order valence-corrected chi connectivity index (χ1v) is 12.0.